The molecule has 5 heteroatoms. The summed E-state index contributed by atoms with van der Waals surface area (Å²) in [6.07, 6.45) is 3.62. The Bertz CT molecular complexity index is 204. The lowest BCUT2D eigenvalue weighted by molar-refractivity contribution is -0.145. The molecule has 0 aromatic rings. The SMILES string of the molecule is CCC(CC)CCC(=O)OCCOCCOCCO. The van der Waals surface area contributed by atoms with Gasteiger partial charge in [-0.25, -0.2) is 0 Å². The van der Waals surface area contributed by atoms with E-state index in [2.05, 4.69) is 13.8 Å². The number of aliphatic hydroxyl groups excluding tert-OH is 1. The molecular formula is C14H28O5. The molecule has 0 atom stereocenters. The minimum atomic E-state index is -0.146. The molecule has 1 N–H and O–H groups in total. The van der Waals surface area contributed by atoms with Crippen LogP contribution in [0.5, 0.6) is 0 Å². The minimum absolute atomic E-state index is 0.0220. The fourth-order valence-corrected chi connectivity index (χ4v) is 1.69. The van der Waals surface area contributed by atoms with Gasteiger partial charge in [0.1, 0.15) is 6.61 Å². The second-order valence-corrected chi connectivity index (χ2v) is 4.39. The third-order valence-corrected chi connectivity index (χ3v) is 3.01. The molecule has 0 amide bonds. The van der Waals surface area contributed by atoms with Crippen LogP contribution in [0.1, 0.15) is 39.5 Å². The van der Waals surface area contributed by atoms with Gasteiger partial charge in [0.05, 0.1) is 33.0 Å². The molecule has 0 heterocycles. The van der Waals surface area contributed by atoms with Crippen LogP contribution in [0, 0.1) is 5.92 Å². The number of aliphatic hydroxyl groups is 1. The zero-order valence-corrected chi connectivity index (χ0v) is 12.2. The lowest BCUT2D eigenvalue weighted by Crippen LogP contribution is -2.14. The van der Waals surface area contributed by atoms with Crippen molar-refractivity contribution in [3.63, 3.8) is 0 Å². The lowest BCUT2D eigenvalue weighted by Gasteiger charge is -2.11. The highest BCUT2D eigenvalue weighted by molar-refractivity contribution is 5.69. The van der Waals surface area contributed by atoms with Crippen LogP contribution in [0.15, 0.2) is 0 Å². The summed E-state index contributed by atoms with van der Waals surface area (Å²) in [7, 11) is 0. The van der Waals surface area contributed by atoms with Gasteiger partial charge in [0.15, 0.2) is 0 Å². The molecule has 0 unspecified atom stereocenters. The van der Waals surface area contributed by atoms with E-state index in [-0.39, 0.29) is 12.6 Å². The summed E-state index contributed by atoms with van der Waals surface area (Å²) in [6, 6.07) is 0. The molecule has 5 nitrogen and oxygen atoms in total. The van der Waals surface area contributed by atoms with Crippen LogP contribution in [-0.2, 0) is 19.0 Å². The monoisotopic (exact) mass is 276 g/mol. The van der Waals surface area contributed by atoms with Crippen molar-refractivity contribution in [3.8, 4) is 0 Å². The fourth-order valence-electron chi connectivity index (χ4n) is 1.69. The van der Waals surface area contributed by atoms with Gasteiger partial charge in [-0.05, 0) is 12.3 Å². The maximum atomic E-state index is 11.4. The Labute approximate surface area is 116 Å². The molecule has 0 spiro atoms. The van der Waals surface area contributed by atoms with Crippen molar-refractivity contribution < 1.29 is 24.1 Å². The Morgan fingerprint density at radius 3 is 2.16 bits per heavy atom. The fraction of sp³-hybridized carbons (Fsp3) is 0.929. The molecule has 0 aromatic carbocycles. The van der Waals surface area contributed by atoms with E-state index in [9.17, 15) is 4.79 Å². The van der Waals surface area contributed by atoms with E-state index in [1.54, 1.807) is 0 Å². The Kier molecular flexibility index (Phi) is 13.3. The molecule has 19 heavy (non-hydrogen) atoms. The van der Waals surface area contributed by atoms with Crippen molar-refractivity contribution in [2.75, 3.05) is 39.6 Å². The number of rotatable bonds is 13. The number of hydrogen-bond donors (Lipinski definition) is 1. The summed E-state index contributed by atoms with van der Waals surface area (Å²) >= 11 is 0. The average molecular weight is 276 g/mol. The molecule has 0 aromatic heterocycles. The van der Waals surface area contributed by atoms with E-state index in [0.29, 0.717) is 45.4 Å². The van der Waals surface area contributed by atoms with Gasteiger partial charge >= 0.3 is 5.97 Å². The summed E-state index contributed by atoms with van der Waals surface area (Å²) < 4.78 is 15.3. The molecule has 0 radical (unpaired) electrons. The first kappa shape index (κ1) is 18.4. The van der Waals surface area contributed by atoms with Crippen molar-refractivity contribution in [1.82, 2.24) is 0 Å². The van der Waals surface area contributed by atoms with Crippen LogP contribution in [0.2, 0.25) is 0 Å². The van der Waals surface area contributed by atoms with E-state index in [1.807, 2.05) is 0 Å². The number of hydrogen-bond acceptors (Lipinski definition) is 5. The minimum Gasteiger partial charge on any atom is -0.463 e. The van der Waals surface area contributed by atoms with Crippen molar-refractivity contribution in [1.29, 1.82) is 0 Å². The molecule has 114 valence electrons. The average Bonchev–Trinajstić information content (AvgIpc) is 2.43. The van der Waals surface area contributed by atoms with Gasteiger partial charge in [0.2, 0.25) is 0 Å². The molecule has 0 fully saturated rings. The number of esters is 1. The predicted molar refractivity (Wildman–Crippen MR) is 73.0 cm³/mol. The molecule has 0 aliphatic rings. The van der Waals surface area contributed by atoms with E-state index in [4.69, 9.17) is 19.3 Å². The van der Waals surface area contributed by atoms with Crippen LogP contribution in [-0.4, -0.2) is 50.7 Å². The van der Waals surface area contributed by atoms with Crippen molar-refractivity contribution in [2.24, 2.45) is 5.92 Å². The lowest BCUT2D eigenvalue weighted by atomic mass is 9.98. The van der Waals surface area contributed by atoms with Crippen LogP contribution in [0.4, 0.5) is 0 Å². The molecule has 0 aliphatic heterocycles. The summed E-state index contributed by atoms with van der Waals surface area (Å²) in [4.78, 5) is 11.4. The van der Waals surface area contributed by atoms with Gasteiger partial charge in [0, 0.05) is 6.42 Å². The third-order valence-electron chi connectivity index (χ3n) is 3.01. The summed E-state index contributed by atoms with van der Waals surface area (Å²) in [5.41, 5.74) is 0. The zero-order valence-electron chi connectivity index (χ0n) is 12.2. The second-order valence-electron chi connectivity index (χ2n) is 4.39. The van der Waals surface area contributed by atoms with Crippen LogP contribution < -0.4 is 0 Å². The third kappa shape index (κ3) is 12.1. The quantitative estimate of drug-likeness (QED) is 0.410. The first-order chi connectivity index (χ1) is 9.24. The van der Waals surface area contributed by atoms with Crippen LogP contribution in [0.25, 0.3) is 0 Å². The predicted octanol–water partition coefficient (Wildman–Crippen LogP) is 1.77. The van der Waals surface area contributed by atoms with Crippen LogP contribution >= 0.6 is 0 Å². The van der Waals surface area contributed by atoms with Gasteiger partial charge in [-0.15, -0.1) is 0 Å². The Balaban J connectivity index is 3.29. The molecule has 0 saturated carbocycles. The highest BCUT2D eigenvalue weighted by Crippen LogP contribution is 2.14. The van der Waals surface area contributed by atoms with E-state index in [0.717, 1.165) is 19.3 Å². The second kappa shape index (κ2) is 13.8. The molecule has 0 rings (SSSR count). The van der Waals surface area contributed by atoms with E-state index >= 15 is 0 Å². The highest BCUT2D eigenvalue weighted by Gasteiger charge is 2.08. The van der Waals surface area contributed by atoms with Gasteiger partial charge in [0.25, 0.3) is 0 Å². The summed E-state index contributed by atoms with van der Waals surface area (Å²) in [5, 5.41) is 8.47. The smallest absolute Gasteiger partial charge is 0.305 e. The van der Waals surface area contributed by atoms with Gasteiger partial charge in [-0.1, -0.05) is 26.7 Å². The van der Waals surface area contributed by atoms with Crippen LogP contribution in [0.3, 0.4) is 0 Å². The standard InChI is InChI=1S/C14H28O5/c1-3-13(4-2)5-6-14(16)19-12-11-18-10-9-17-8-7-15/h13,15H,3-12H2,1-2H3. The number of carbonyl (C=O) groups excluding carboxylic acids is 1. The highest BCUT2D eigenvalue weighted by atomic mass is 16.6. The maximum absolute atomic E-state index is 11.4. The normalized spacial score (nSPS) is 10.9. The zero-order chi connectivity index (χ0) is 14.3. The maximum Gasteiger partial charge on any atom is 0.305 e. The molecule has 0 bridgehead atoms. The summed E-state index contributed by atoms with van der Waals surface area (Å²) in [6.45, 7) is 6.22. The van der Waals surface area contributed by atoms with E-state index < -0.39 is 0 Å². The molecule has 0 aliphatic carbocycles. The first-order valence-electron chi connectivity index (χ1n) is 7.16. The first-order valence-corrected chi connectivity index (χ1v) is 7.16. The molecule has 0 saturated heterocycles. The van der Waals surface area contributed by atoms with Gasteiger partial charge in [-0.2, -0.15) is 0 Å². The Morgan fingerprint density at radius 2 is 1.58 bits per heavy atom. The Hall–Kier alpha value is -0.650. The number of ether oxygens (including phenoxy) is 3. The summed E-state index contributed by atoms with van der Waals surface area (Å²) in [5.74, 6) is 0.472. The van der Waals surface area contributed by atoms with Crippen molar-refractivity contribution in [2.45, 2.75) is 39.5 Å². The Morgan fingerprint density at radius 1 is 1.00 bits per heavy atom. The largest absolute Gasteiger partial charge is 0.463 e. The molecular weight excluding hydrogens is 248 g/mol. The van der Waals surface area contributed by atoms with Crippen molar-refractivity contribution in [3.05, 3.63) is 0 Å². The number of carbonyl (C=O) groups is 1. The van der Waals surface area contributed by atoms with Crippen molar-refractivity contribution >= 4 is 5.97 Å². The van der Waals surface area contributed by atoms with E-state index in [1.165, 1.54) is 0 Å². The van der Waals surface area contributed by atoms with Gasteiger partial charge in [-0.3, -0.25) is 4.79 Å². The van der Waals surface area contributed by atoms with Gasteiger partial charge < -0.3 is 19.3 Å². The topological polar surface area (TPSA) is 65.0 Å².